The predicted octanol–water partition coefficient (Wildman–Crippen LogP) is 2.02. The quantitative estimate of drug-likeness (QED) is 0.429. The molecule has 0 spiro atoms. The molecule has 1 aromatic heterocycles. The summed E-state index contributed by atoms with van der Waals surface area (Å²) < 4.78 is 6.98. The normalized spacial score (nSPS) is 14.6. The lowest BCUT2D eigenvalue weighted by Gasteiger charge is -2.18. The molecule has 0 bridgehead atoms. The number of aromatic nitrogens is 3. The van der Waals surface area contributed by atoms with Gasteiger partial charge in [-0.25, -0.2) is 14.3 Å². The van der Waals surface area contributed by atoms with Gasteiger partial charge in [0, 0.05) is 19.5 Å². The number of rotatable bonds is 5. The van der Waals surface area contributed by atoms with Crippen LogP contribution in [0.1, 0.15) is 41.2 Å². The van der Waals surface area contributed by atoms with Crippen LogP contribution in [0.15, 0.2) is 24.4 Å². The van der Waals surface area contributed by atoms with Gasteiger partial charge in [0.2, 0.25) is 5.91 Å². The molecule has 1 aliphatic heterocycles. The Morgan fingerprint density at radius 1 is 1.25 bits per heavy atom. The highest BCUT2D eigenvalue weighted by atomic mass is 16.6. The topological polar surface area (TPSA) is 123 Å². The third kappa shape index (κ3) is 5.37. The third-order valence-corrected chi connectivity index (χ3v) is 4.75. The van der Waals surface area contributed by atoms with E-state index in [-0.39, 0.29) is 18.2 Å². The molecule has 0 radical (unpaired) electrons. The van der Waals surface area contributed by atoms with E-state index in [2.05, 4.69) is 22.2 Å². The van der Waals surface area contributed by atoms with Gasteiger partial charge in [-0.05, 0) is 56.3 Å². The molecule has 1 N–H and O–H groups in total. The number of hydrogen-bond donors (Lipinski definition) is 1. The fourth-order valence-corrected chi connectivity index (χ4v) is 3.39. The second-order valence-electron chi connectivity index (χ2n) is 7.25. The SMILES string of the molecule is C=C=C=O.CC(=O)NC[C@H]1CN(c2cc(C)c(-n3nnc(C(C)=O)c3C)c(C)c2)C(=O)O1. The van der Waals surface area contributed by atoms with Gasteiger partial charge in [0.05, 0.1) is 24.5 Å². The Balaban J connectivity index is 0.000000837. The first-order chi connectivity index (χ1) is 15.1. The number of benzene rings is 1. The fraction of sp³-hybridized carbons (Fsp3) is 0.364. The fourth-order valence-electron chi connectivity index (χ4n) is 3.39. The summed E-state index contributed by atoms with van der Waals surface area (Å²) in [6.07, 6.45) is -0.843. The molecule has 10 nitrogen and oxygen atoms in total. The van der Waals surface area contributed by atoms with Crippen molar-refractivity contribution in [1.29, 1.82) is 0 Å². The minimum Gasteiger partial charge on any atom is -0.442 e. The molecule has 1 aliphatic rings. The molecule has 2 heterocycles. The maximum atomic E-state index is 12.3. The lowest BCUT2D eigenvalue weighted by molar-refractivity contribution is -0.119. The van der Waals surface area contributed by atoms with Crippen molar-refractivity contribution in [2.45, 2.75) is 40.7 Å². The van der Waals surface area contributed by atoms with E-state index in [0.29, 0.717) is 23.6 Å². The van der Waals surface area contributed by atoms with Crippen molar-refractivity contribution in [2.24, 2.45) is 0 Å². The zero-order chi connectivity index (χ0) is 24.0. The summed E-state index contributed by atoms with van der Waals surface area (Å²) >= 11 is 0. The van der Waals surface area contributed by atoms with Gasteiger partial charge in [0.1, 0.15) is 6.10 Å². The molecule has 0 unspecified atom stereocenters. The Morgan fingerprint density at radius 2 is 1.84 bits per heavy atom. The monoisotopic (exact) mass is 439 g/mol. The number of carbonyl (C=O) groups is 3. The zero-order valence-corrected chi connectivity index (χ0v) is 18.7. The number of ketones is 1. The first-order valence-electron chi connectivity index (χ1n) is 9.77. The van der Waals surface area contributed by atoms with Crippen molar-refractivity contribution in [2.75, 3.05) is 18.0 Å². The Labute approximate surface area is 185 Å². The molecular formula is C22H25N5O5. The van der Waals surface area contributed by atoms with Crippen molar-refractivity contribution < 1.29 is 23.9 Å². The van der Waals surface area contributed by atoms with Crippen LogP contribution in [0.5, 0.6) is 0 Å². The van der Waals surface area contributed by atoms with Gasteiger partial charge in [-0.15, -0.1) is 5.10 Å². The van der Waals surface area contributed by atoms with E-state index < -0.39 is 12.2 Å². The average Bonchev–Trinajstić information content (AvgIpc) is 3.29. The van der Waals surface area contributed by atoms with Gasteiger partial charge in [-0.3, -0.25) is 14.5 Å². The van der Waals surface area contributed by atoms with Crippen LogP contribution >= 0.6 is 0 Å². The van der Waals surface area contributed by atoms with E-state index in [0.717, 1.165) is 16.8 Å². The molecule has 1 saturated heterocycles. The average molecular weight is 439 g/mol. The number of Topliss-reactive ketones (excluding diaryl/α,β-unsaturated/α-hetero) is 1. The number of carbonyl (C=O) groups excluding carboxylic acids is 4. The summed E-state index contributed by atoms with van der Waals surface area (Å²) in [6, 6.07) is 3.75. The number of nitrogens with one attached hydrogen (secondary N) is 1. The van der Waals surface area contributed by atoms with Crippen molar-refractivity contribution in [3.05, 3.63) is 47.0 Å². The van der Waals surface area contributed by atoms with Crippen LogP contribution in [0.2, 0.25) is 0 Å². The molecule has 168 valence electrons. The molecule has 2 aromatic rings. The maximum Gasteiger partial charge on any atom is 0.414 e. The molecule has 0 aliphatic carbocycles. The molecular weight excluding hydrogens is 414 g/mol. The van der Waals surface area contributed by atoms with Crippen molar-refractivity contribution >= 4 is 29.4 Å². The number of hydrogen-bond acceptors (Lipinski definition) is 7. The van der Waals surface area contributed by atoms with Crippen molar-refractivity contribution in [3.63, 3.8) is 0 Å². The summed E-state index contributed by atoms with van der Waals surface area (Å²) in [7, 11) is 0. The number of amides is 2. The second-order valence-corrected chi connectivity index (χ2v) is 7.25. The van der Waals surface area contributed by atoms with Gasteiger partial charge in [-0.2, -0.15) is 0 Å². The van der Waals surface area contributed by atoms with Crippen molar-refractivity contribution in [3.8, 4) is 5.69 Å². The Morgan fingerprint density at radius 3 is 2.31 bits per heavy atom. The van der Waals surface area contributed by atoms with E-state index in [1.165, 1.54) is 19.8 Å². The Hall–Kier alpha value is -4.00. The highest BCUT2D eigenvalue weighted by Gasteiger charge is 2.33. The summed E-state index contributed by atoms with van der Waals surface area (Å²) in [5.74, 6) is 1.01. The van der Waals surface area contributed by atoms with E-state index >= 15 is 0 Å². The van der Waals surface area contributed by atoms with Gasteiger partial charge >= 0.3 is 6.09 Å². The molecule has 3 rings (SSSR count). The van der Waals surface area contributed by atoms with E-state index in [9.17, 15) is 14.4 Å². The molecule has 1 atom stereocenters. The van der Waals surface area contributed by atoms with Gasteiger partial charge in [0.25, 0.3) is 0 Å². The summed E-state index contributed by atoms with van der Waals surface area (Å²) in [6.45, 7) is 12.1. The van der Waals surface area contributed by atoms with E-state index in [1.54, 1.807) is 16.5 Å². The maximum absolute atomic E-state index is 12.3. The van der Waals surface area contributed by atoms with Crippen LogP contribution in [0.3, 0.4) is 0 Å². The van der Waals surface area contributed by atoms with Crippen molar-refractivity contribution in [1.82, 2.24) is 20.3 Å². The number of cyclic esters (lactones) is 1. The smallest absolute Gasteiger partial charge is 0.414 e. The van der Waals surface area contributed by atoms with E-state index in [1.807, 2.05) is 31.7 Å². The molecule has 0 saturated carbocycles. The Bertz CT molecular complexity index is 1090. The third-order valence-electron chi connectivity index (χ3n) is 4.75. The van der Waals surface area contributed by atoms with Crippen LogP contribution in [0, 0.1) is 20.8 Å². The van der Waals surface area contributed by atoms with E-state index in [4.69, 9.17) is 9.53 Å². The molecule has 32 heavy (non-hydrogen) atoms. The first kappa shape index (κ1) is 24.3. The first-order valence-corrected chi connectivity index (χ1v) is 9.77. The number of nitrogens with zero attached hydrogens (tertiary/aromatic N) is 4. The molecule has 10 heteroatoms. The van der Waals surface area contributed by atoms with Crippen LogP contribution in [-0.4, -0.2) is 57.9 Å². The van der Waals surface area contributed by atoms with Gasteiger partial charge in [0.15, 0.2) is 17.4 Å². The molecule has 1 fully saturated rings. The summed E-state index contributed by atoms with van der Waals surface area (Å²) in [5.41, 5.74) is 6.18. The molecule has 2 amide bonds. The standard InChI is InChI=1S/C19H23N5O4.C3H2O/c1-10-6-15(23-9-16(28-19(23)27)8-20-14(5)26)7-11(2)18(10)24-12(3)17(13(4)25)21-22-24;1-2-3-4/h6-7,16H,8-9H2,1-5H3,(H,20,26);1H2/t16-;/m0./s1. The summed E-state index contributed by atoms with van der Waals surface area (Å²) in [4.78, 5) is 45.4. The molecule has 1 aromatic carbocycles. The zero-order valence-electron chi connectivity index (χ0n) is 18.7. The highest BCUT2D eigenvalue weighted by molar-refractivity contribution is 5.93. The van der Waals surface area contributed by atoms with Gasteiger partial charge in [-0.1, -0.05) is 5.21 Å². The number of anilines is 1. The van der Waals surface area contributed by atoms with Crippen LogP contribution < -0.4 is 10.2 Å². The summed E-state index contributed by atoms with van der Waals surface area (Å²) in [5, 5.41) is 10.8. The lowest BCUT2D eigenvalue weighted by Crippen LogP contribution is -2.33. The lowest BCUT2D eigenvalue weighted by atomic mass is 10.1. The van der Waals surface area contributed by atoms with Gasteiger partial charge < -0.3 is 10.1 Å². The second kappa shape index (κ2) is 10.3. The predicted molar refractivity (Wildman–Crippen MR) is 117 cm³/mol. The minimum absolute atomic E-state index is 0.138. The Kier molecular flexibility index (Phi) is 7.85. The van der Waals surface area contributed by atoms with Crippen LogP contribution in [0.4, 0.5) is 10.5 Å². The number of ether oxygens (including phenoxy) is 1. The van der Waals surface area contributed by atoms with Crippen LogP contribution in [-0.2, 0) is 14.3 Å². The largest absolute Gasteiger partial charge is 0.442 e. The van der Waals surface area contributed by atoms with Crippen LogP contribution in [0.25, 0.3) is 5.69 Å². The highest BCUT2D eigenvalue weighted by Crippen LogP contribution is 2.29. The minimum atomic E-state index is -0.447. The number of aryl methyl sites for hydroxylation is 2.